The lowest BCUT2D eigenvalue weighted by Gasteiger charge is -2.08. The van der Waals surface area contributed by atoms with Crippen molar-refractivity contribution in [2.75, 3.05) is 0 Å². The molecule has 2 aromatic rings. The second-order valence-electron chi connectivity index (χ2n) is 5.84. The maximum absolute atomic E-state index is 11.8. The molecule has 5 nitrogen and oxygen atoms in total. The van der Waals surface area contributed by atoms with E-state index in [2.05, 4.69) is 17.4 Å². The van der Waals surface area contributed by atoms with Gasteiger partial charge in [-0.25, -0.2) is 9.59 Å². The Morgan fingerprint density at radius 1 is 0.923 bits per heavy atom. The molecule has 5 heteroatoms. The summed E-state index contributed by atoms with van der Waals surface area (Å²) in [5.74, 6) is -1.18. The minimum atomic E-state index is -1.18. The Bertz CT molecular complexity index is 726. The van der Waals surface area contributed by atoms with E-state index in [1.54, 1.807) is 0 Å². The molecule has 0 heterocycles. The van der Waals surface area contributed by atoms with Crippen molar-refractivity contribution in [1.29, 1.82) is 0 Å². The molecule has 2 N–H and O–H groups in total. The average molecular weight is 353 g/mol. The number of carbonyl (C=O) groups excluding carboxylic acids is 1. The summed E-state index contributed by atoms with van der Waals surface area (Å²) in [6.45, 7) is 0.0939. The molecule has 0 spiro atoms. The lowest BCUT2D eigenvalue weighted by Crippen LogP contribution is -2.27. The number of nitrogens with one attached hydrogen (secondary N) is 1. The fourth-order valence-electron chi connectivity index (χ4n) is 2.43. The van der Waals surface area contributed by atoms with E-state index in [0.29, 0.717) is 6.42 Å². The number of benzene rings is 2. The molecule has 1 amide bonds. The molecule has 0 aromatic heterocycles. The largest absolute Gasteiger partial charge is 0.477 e. The van der Waals surface area contributed by atoms with Gasteiger partial charge in [0.25, 0.3) is 0 Å². The predicted molar refractivity (Wildman–Crippen MR) is 99.5 cm³/mol. The van der Waals surface area contributed by atoms with Gasteiger partial charge in [-0.1, -0.05) is 66.7 Å². The molecule has 0 atom stereocenters. The highest BCUT2D eigenvalue weighted by molar-refractivity contribution is 5.90. The quantitative estimate of drug-likeness (QED) is 0.521. The third-order valence-electron chi connectivity index (χ3n) is 3.79. The van der Waals surface area contributed by atoms with Crippen molar-refractivity contribution in [2.45, 2.75) is 32.3 Å². The van der Waals surface area contributed by atoms with Crippen LogP contribution in [0.1, 0.15) is 30.4 Å². The van der Waals surface area contributed by atoms with Gasteiger partial charge in [-0.05, 0) is 36.8 Å². The van der Waals surface area contributed by atoms with Crippen molar-refractivity contribution in [1.82, 2.24) is 5.32 Å². The maximum atomic E-state index is 11.8. The molecule has 136 valence electrons. The van der Waals surface area contributed by atoms with E-state index >= 15 is 0 Å². The number of amides is 1. The summed E-state index contributed by atoms with van der Waals surface area (Å²) in [4.78, 5) is 23.0. The number of carboxylic acid groups (broad SMARTS) is 1. The first kappa shape index (κ1) is 19.2. The number of unbranched alkanes of at least 4 members (excludes halogenated alkanes) is 2. The van der Waals surface area contributed by atoms with Crippen LogP contribution in [0.2, 0.25) is 0 Å². The van der Waals surface area contributed by atoms with Gasteiger partial charge in [-0.15, -0.1) is 0 Å². The van der Waals surface area contributed by atoms with E-state index in [9.17, 15) is 14.7 Å². The molecule has 0 saturated carbocycles. The normalized spacial score (nSPS) is 11.0. The van der Waals surface area contributed by atoms with Crippen LogP contribution in [-0.2, 0) is 22.6 Å². The van der Waals surface area contributed by atoms with Crippen LogP contribution in [0, 0.1) is 0 Å². The Morgan fingerprint density at radius 3 is 2.15 bits per heavy atom. The fourth-order valence-corrected chi connectivity index (χ4v) is 2.43. The van der Waals surface area contributed by atoms with E-state index in [0.717, 1.165) is 24.8 Å². The maximum Gasteiger partial charge on any atom is 0.412 e. The lowest BCUT2D eigenvalue weighted by molar-refractivity contribution is -0.133. The van der Waals surface area contributed by atoms with Crippen LogP contribution in [0.5, 0.6) is 0 Å². The molecular weight excluding hydrogens is 330 g/mol. The summed E-state index contributed by atoms with van der Waals surface area (Å²) in [6, 6.07) is 19.3. The molecule has 0 aliphatic heterocycles. The zero-order valence-corrected chi connectivity index (χ0v) is 14.6. The zero-order chi connectivity index (χ0) is 18.6. The molecule has 0 saturated heterocycles. The van der Waals surface area contributed by atoms with E-state index < -0.39 is 12.1 Å². The lowest BCUT2D eigenvalue weighted by atomic mass is 10.1. The van der Waals surface area contributed by atoms with Crippen molar-refractivity contribution in [3.63, 3.8) is 0 Å². The first-order chi connectivity index (χ1) is 12.6. The van der Waals surface area contributed by atoms with Crippen LogP contribution in [0.3, 0.4) is 0 Å². The molecule has 0 fully saturated rings. The van der Waals surface area contributed by atoms with E-state index in [-0.39, 0.29) is 12.3 Å². The summed E-state index contributed by atoms with van der Waals surface area (Å²) in [5, 5.41) is 11.5. The average Bonchev–Trinajstić information content (AvgIpc) is 2.66. The third kappa shape index (κ3) is 7.21. The number of aliphatic carboxylic acids is 1. The van der Waals surface area contributed by atoms with Gasteiger partial charge in [0, 0.05) is 0 Å². The van der Waals surface area contributed by atoms with Crippen molar-refractivity contribution >= 4 is 12.1 Å². The molecule has 0 radical (unpaired) electrons. The molecule has 0 bridgehead atoms. The summed E-state index contributed by atoms with van der Waals surface area (Å²) >= 11 is 0. The Labute approximate surface area is 153 Å². The van der Waals surface area contributed by atoms with Crippen LogP contribution in [0.25, 0.3) is 0 Å². The van der Waals surface area contributed by atoms with E-state index in [4.69, 9.17) is 4.74 Å². The smallest absolute Gasteiger partial charge is 0.412 e. The van der Waals surface area contributed by atoms with E-state index in [1.807, 2.05) is 48.5 Å². The van der Waals surface area contributed by atoms with Crippen molar-refractivity contribution in [3.8, 4) is 0 Å². The van der Waals surface area contributed by atoms with Crippen molar-refractivity contribution < 1.29 is 19.4 Å². The predicted octanol–water partition coefficient (Wildman–Crippen LogP) is 4.29. The van der Waals surface area contributed by atoms with Gasteiger partial charge in [0.05, 0.1) is 0 Å². The first-order valence-electron chi connectivity index (χ1n) is 8.60. The number of rotatable bonds is 9. The van der Waals surface area contributed by atoms with Gasteiger partial charge in [0.1, 0.15) is 12.3 Å². The number of carboxylic acids is 1. The van der Waals surface area contributed by atoms with Crippen LogP contribution in [-0.4, -0.2) is 17.2 Å². The standard InChI is InChI=1S/C21H23NO4/c23-20(24)19(15-9-3-6-12-17-10-4-1-5-11-17)22-21(25)26-16-18-13-7-2-8-14-18/h1-2,4-5,7-8,10-11,13-15H,3,6,9,12,16H2,(H,22,25)(H,23,24). The van der Waals surface area contributed by atoms with Crippen LogP contribution in [0.4, 0.5) is 4.79 Å². The highest BCUT2D eigenvalue weighted by atomic mass is 16.5. The number of aryl methyl sites for hydroxylation is 1. The fraction of sp³-hybridized carbons (Fsp3) is 0.238. The van der Waals surface area contributed by atoms with Crippen LogP contribution in [0.15, 0.2) is 72.4 Å². The Morgan fingerprint density at radius 2 is 1.54 bits per heavy atom. The van der Waals surface area contributed by atoms with Crippen LogP contribution >= 0.6 is 0 Å². The Hall–Kier alpha value is -3.08. The highest BCUT2D eigenvalue weighted by Crippen LogP contribution is 2.08. The number of ether oxygens (including phenoxy) is 1. The number of hydrogen-bond donors (Lipinski definition) is 2. The second kappa shape index (κ2) is 10.7. The minimum absolute atomic E-state index is 0.0939. The molecule has 2 rings (SSSR count). The number of hydrogen-bond acceptors (Lipinski definition) is 3. The zero-order valence-electron chi connectivity index (χ0n) is 14.6. The molecule has 0 unspecified atom stereocenters. The second-order valence-corrected chi connectivity index (χ2v) is 5.84. The highest BCUT2D eigenvalue weighted by Gasteiger charge is 2.12. The first-order valence-corrected chi connectivity index (χ1v) is 8.60. The molecule has 0 aliphatic rings. The van der Waals surface area contributed by atoms with Crippen molar-refractivity contribution in [2.24, 2.45) is 0 Å². The number of allylic oxidation sites excluding steroid dienone is 1. The number of carbonyl (C=O) groups is 2. The molecule has 2 aromatic carbocycles. The summed E-state index contributed by atoms with van der Waals surface area (Å²) in [7, 11) is 0. The van der Waals surface area contributed by atoms with Gasteiger partial charge < -0.3 is 9.84 Å². The van der Waals surface area contributed by atoms with Gasteiger partial charge in [0.15, 0.2) is 0 Å². The minimum Gasteiger partial charge on any atom is -0.477 e. The summed E-state index contributed by atoms with van der Waals surface area (Å²) < 4.78 is 5.04. The van der Waals surface area contributed by atoms with Crippen LogP contribution < -0.4 is 5.32 Å². The van der Waals surface area contributed by atoms with E-state index in [1.165, 1.54) is 11.6 Å². The molecule has 26 heavy (non-hydrogen) atoms. The Kier molecular flexibility index (Phi) is 7.93. The van der Waals surface area contributed by atoms with Gasteiger partial charge in [0.2, 0.25) is 0 Å². The van der Waals surface area contributed by atoms with Gasteiger partial charge >= 0.3 is 12.1 Å². The summed E-state index contributed by atoms with van der Waals surface area (Å²) in [5.41, 5.74) is 1.95. The van der Waals surface area contributed by atoms with Gasteiger partial charge in [-0.3, -0.25) is 5.32 Å². The topological polar surface area (TPSA) is 75.6 Å². The monoisotopic (exact) mass is 353 g/mol. The number of alkyl carbamates (subject to hydrolysis) is 1. The third-order valence-corrected chi connectivity index (χ3v) is 3.79. The van der Waals surface area contributed by atoms with Gasteiger partial charge in [-0.2, -0.15) is 0 Å². The SMILES string of the molecule is O=C(NC(=CCCCCc1ccccc1)C(=O)O)OCc1ccccc1. The summed E-state index contributed by atoms with van der Waals surface area (Å²) in [6.07, 6.45) is 4.07. The molecule has 0 aliphatic carbocycles. The Balaban J connectivity index is 1.73. The molecular formula is C21H23NO4. The van der Waals surface area contributed by atoms with Crippen molar-refractivity contribution in [3.05, 3.63) is 83.6 Å².